The van der Waals surface area contributed by atoms with Crippen LogP contribution in [0.1, 0.15) is 59.8 Å². The fourth-order valence-corrected chi connectivity index (χ4v) is 3.92. The number of hydrogen-bond acceptors (Lipinski definition) is 4. The molecule has 0 aromatic rings. The van der Waals surface area contributed by atoms with Crippen LogP contribution in [0.15, 0.2) is 0 Å². The van der Waals surface area contributed by atoms with Gasteiger partial charge in [0.25, 0.3) is 0 Å². The van der Waals surface area contributed by atoms with Crippen LogP contribution < -0.4 is 0 Å². The first kappa shape index (κ1) is 19.2. The van der Waals surface area contributed by atoms with E-state index in [2.05, 4.69) is 32.6 Å². The minimum Gasteiger partial charge on any atom is -0.383 e. The monoisotopic (exact) mass is 327 g/mol. The molecule has 0 bridgehead atoms. The van der Waals surface area contributed by atoms with Gasteiger partial charge in [0.05, 0.1) is 19.3 Å². The van der Waals surface area contributed by atoms with Crippen molar-refractivity contribution in [3.63, 3.8) is 0 Å². The normalized spacial score (nSPS) is 32.1. The average molecular weight is 328 g/mol. The standard InChI is InChI=1S/C19H37NO3/c1-6-20(13-14-21-5)12-9-17-15-22-19(23-17)10-7-16(8-11-19)18(2,3)4/h16-17H,6-15H2,1-5H3. The number of likely N-dealkylation sites (N-methyl/N-ethyl adjacent to an activating group) is 1. The van der Waals surface area contributed by atoms with E-state index < -0.39 is 0 Å². The molecule has 4 heteroatoms. The molecule has 0 amide bonds. The van der Waals surface area contributed by atoms with Crippen molar-refractivity contribution < 1.29 is 14.2 Å². The third-order valence-corrected chi connectivity index (χ3v) is 5.71. The summed E-state index contributed by atoms with van der Waals surface area (Å²) in [5.74, 6) is 0.528. The second-order valence-corrected chi connectivity index (χ2v) is 8.32. The molecular formula is C19H37NO3. The maximum Gasteiger partial charge on any atom is 0.168 e. The Kier molecular flexibility index (Phi) is 6.90. The molecule has 1 unspecified atom stereocenters. The summed E-state index contributed by atoms with van der Waals surface area (Å²) in [6.07, 6.45) is 5.90. The highest BCUT2D eigenvalue weighted by Gasteiger charge is 2.45. The van der Waals surface area contributed by atoms with Gasteiger partial charge in [0.1, 0.15) is 0 Å². The first-order chi connectivity index (χ1) is 10.9. The molecule has 1 heterocycles. The molecular weight excluding hydrogens is 290 g/mol. The molecule has 4 nitrogen and oxygen atoms in total. The summed E-state index contributed by atoms with van der Waals surface area (Å²) in [4.78, 5) is 2.42. The van der Waals surface area contributed by atoms with E-state index >= 15 is 0 Å². The predicted octanol–water partition coefficient (Wildman–Crippen LogP) is 3.69. The Hall–Kier alpha value is -0.160. The van der Waals surface area contributed by atoms with Gasteiger partial charge >= 0.3 is 0 Å². The van der Waals surface area contributed by atoms with E-state index in [1.54, 1.807) is 7.11 Å². The van der Waals surface area contributed by atoms with Crippen LogP contribution in [0.3, 0.4) is 0 Å². The molecule has 0 aromatic carbocycles. The lowest BCUT2D eigenvalue weighted by atomic mass is 9.71. The molecule has 1 spiro atoms. The van der Waals surface area contributed by atoms with Gasteiger partial charge in [-0.15, -0.1) is 0 Å². The molecule has 0 aromatic heterocycles. The predicted molar refractivity (Wildman–Crippen MR) is 93.6 cm³/mol. The first-order valence-corrected chi connectivity index (χ1v) is 9.41. The summed E-state index contributed by atoms with van der Waals surface area (Å²) in [7, 11) is 1.76. The third-order valence-electron chi connectivity index (χ3n) is 5.71. The van der Waals surface area contributed by atoms with Crippen molar-refractivity contribution >= 4 is 0 Å². The van der Waals surface area contributed by atoms with Crippen LogP contribution in [0.4, 0.5) is 0 Å². The molecule has 2 aliphatic rings. The van der Waals surface area contributed by atoms with Crippen molar-refractivity contribution in [3.8, 4) is 0 Å². The largest absolute Gasteiger partial charge is 0.383 e. The highest BCUT2D eigenvalue weighted by molar-refractivity contribution is 4.88. The molecule has 23 heavy (non-hydrogen) atoms. The van der Waals surface area contributed by atoms with E-state index in [0.29, 0.717) is 5.41 Å². The van der Waals surface area contributed by atoms with Crippen LogP contribution in [0.5, 0.6) is 0 Å². The lowest BCUT2D eigenvalue weighted by Gasteiger charge is -2.41. The van der Waals surface area contributed by atoms with E-state index in [4.69, 9.17) is 14.2 Å². The number of hydrogen-bond donors (Lipinski definition) is 0. The molecule has 2 fully saturated rings. The van der Waals surface area contributed by atoms with Gasteiger partial charge in [0.15, 0.2) is 5.79 Å². The highest BCUT2D eigenvalue weighted by atomic mass is 16.7. The summed E-state index contributed by atoms with van der Waals surface area (Å²) in [5, 5.41) is 0. The number of ether oxygens (including phenoxy) is 3. The molecule has 1 aliphatic heterocycles. The third kappa shape index (κ3) is 5.42. The summed E-state index contributed by atoms with van der Waals surface area (Å²) in [6.45, 7) is 14.0. The van der Waals surface area contributed by atoms with Crippen molar-refractivity contribution in [2.75, 3.05) is 40.0 Å². The second-order valence-electron chi connectivity index (χ2n) is 8.32. The van der Waals surface area contributed by atoms with Crippen LogP contribution in [-0.4, -0.2) is 56.7 Å². The van der Waals surface area contributed by atoms with Crippen LogP contribution in [-0.2, 0) is 14.2 Å². The SMILES string of the molecule is CCN(CCOC)CCC1COC2(CCC(C(C)(C)C)CC2)O1. The van der Waals surface area contributed by atoms with E-state index in [-0.39, 0.29) is 11.9 Å². The van der Waals surface area contributed by atoms with Crippen molar-refractivity contribution in [1.82, 2.24) is 4.90 Å². The topological polar surface area (TPSA) is 30.9 Å². The molecule has 1 atom stereocenters. The molecule has 136 valence electrons. The zero-order chi connectivity index (χ0) is 16.9. The van der Waals surface area contributed by atoms with Crippen LogP contribution in [0.2, 0.25) is 0 Å². The van der Waals surface area contributed by atoms with Gasteiger partial charge in [0.2, 0.25) is 0 Å². The quantitative estimate of drug-likeness (QED) is 0.713. The van der Waals surface area contributed by atoms with Crippen molar-refractivity contribution in [3.05, 3.63) is 0 Å². The lowest BCUT2D eigenvalue weighted by molar-refractivity contribution is -0.197. The minimum atomic E-state index is -0.268. The molecule has 1 aliphatic carbocycles. The Morgan fingerprint density at radius 3 is 2.43 bits per heavy atom. The summed E-state index contributed by atoms with van der Waals surface area (Å²) < 4.78 is 17.7. The minimum absolute atomic E-state index is 0.262. The fourth-order valence-electron chi connectivity index (χ4n) is 3.92. The van der Waals surface area contributed by atoms with Gasteiger partial charge in [-0.25, -0.2) is 0 Å². The van der Waals surface area contributed by atoms with Gasteiger partial charge in [0, 0.05) is 33.0 Å². The highest BCUT2D eigenvalue weighted by Crippen LogP contribution is 2.45. The Morgan fingerprint density at radius 2 is 1.87 bits per heavy atom. The van der Waals surface area contributed by atoms with E-state index in [0.717, 1.165) is 58.0 Å². The number of nitrogens with zero attached hydrogens (tertiary/aromatic N) is 1. The Bertz CT molecular complexity index is 345. The molecule has 2 rings (SSSR count). The van der Waals surface area contributed by atoms with Gasteiger partial charge in [-0.1, -0.05) is 27.7 Å². The van der Waals surface area contributed by atoms with Crippen molar-refractivity contribution in [2.45, 2.75) is 71.7 Å². The molecule has 1 saturated carbocycles. The van der Waals surface area contributed by atoms with Crippen LogP contribution in [0.25, 0.3) is 0 Å². The van der Waals surface area contributed by atoms with E-state index in [1.165, 1.54) is 12.8 Å². The second kappa shape index (κ2) is 8.28. The Balaban J connectivity index is 1.74. The molecule has 0 radical (unpaired) electrons. The van der Waals surface area contributed by atoms with Gasteiger partial charge in [-0.3, -0.25) is 0 Å². The van der Waals surface area contributed by atoms with E-state index in [9.17, 15) is 0 Å². The fraction of sp³-hybridized carbons (Fsp3) is 1.00. The van der Waals surface area contributed by atoms with Crippen molar-refractivity contribution in [1.29, 1.82) is 0 Å². The average Bonchev–Trinajstić information content (AvgIpc) is 2.90. The van der Waals surface area contributed by atoms with Gasteiger partial charge in [-0.2, -0.15) is 0 Å². The summed E-state index contributed by atoms with van der Waals surface area (Å²) in [5.41, 5.74) is 0.405. The molecule has 1 saturated heterocycles. The zero-order valence-corrected chi connectivity index (χ0v) is 15.9. The van der Waals surface area contributed by atoms with E-state index in [1.807, 2.05) is 0 Å². The Labute approximate surface area is 142 Å². The smallest absolute Gasteiger partial charge is 0.168 e. The number of rotatable bonds is 7. The first-order valence-electron chi connectivity index (χ1n) is 9.41. The van der Waals surface area contributed by atoms with Crippen LogP contribution in [0, 0.1) is 11.3 Å². The summed E-state index contributed by atoms with van der Waals surface area (Å²) >= 11 is 0. The number of methoxy groups -OCH3 is 1. The Morgan fingerprint density at radius 1 is 1.17 bits per heavy atom. The maximum absolute atomic E-state index is 6.37. The summed E-state index contributed by atoms with van der Waals surface area (Å²) in [6, 6.07) is 0. The van der Waals surface area contributed by atoms with Gasteiger partial charge in [-0.05, 0) is 37.1 Å². The van der Waals surface area contributed by atoms with Crippen LogP contribution >= 0.6 is 0 Å². The molecule has 0 N–H and O–H groups in total. The maximum atomic E-state index is 6.37. The zero-order valence-electron chi connectivity index (χ0n) is 15.9. The lowest BCUT2D eigenvalue weighted by Crippen LogP contribution is -2.39. The van der Waals surface area contributed by atoms with Crippen molar-refractivity contribution in [2.24, 2.45) is 11.3 Å². The van der Waals surface area contributed by atoms with Gasteiger partial charge < -0.3 is 19.1 Å².